The van der Waals surface area contributed by atoms with Gasteiger partial charge in [0.15, 0.2) is 0 Å². The third-order valence-electron chi connectivity index (χ3n) is 6.20. The highest BCUT2D eigenvalue weighted by Crippen LogP contribution is 2.26. The number of hydrogen-bond acceptors (Lipinski definition) is 7. The van der Waals surface area contributed by atoms with Crippen molar-refractivity contribution in [1.82, 2.24) is 0 Å². The van der Waals surface area contributed by atoms with E-state index >= 15 is 0 Å². The number of Topliss-reactive ketones (excluding diaryl/α,β-unsaturated/α-hetero) is 1. The van der Waals surface area contributed by atoms with Crippen LogP contribution < -0.4 is 0 Å². The van der Waals surface area contributed by atoms with Gasteiger partial charge in [0.25, 0.3) is 0 Å². The predicted octanol–water partition coefficient (Wildman–Crippen LogP) is 2.98. The van der Waals surface area contributed by atoms with Crippen molar-refractivity contribution in [2.24, 2.45) is 0 Å². The molecule has 2 aliphatic heterocycles. The first-order valence-electron chi connectivity index (χ1n) is 11.9. The Kier molecular flexibility index (Phi) is 11.2. The van der Waals surface area contributed by atoms with Gasteiger partial charge in [-0.2, -0.15) is 0 Å². The molecule has 0 radical (unpaired) electrons. The van der Waals surface area contributed by atoms with Crippen LogP contribution in [-0.4, -0.2) is 63.7 Å². The predicted molar refractivity (Wildman–Crippen MR) is 116 cm³/mol. The molecule has 0 amide bonds. The third kappa shape index (κ3) is 9.39. The Balaban J connectivity index is 1.45. The third-order valence-corrected chi connectivity index (χ3v) is 6.20. The first-order valence-corrected chi connectivity index (χ1v) is 11.9. The molecule has 6 unspecified atom stereocenters. The van der Waals surface area contributed by atoms with Crippen molar-refractivity contribution in [2.45, 2.75) is 128 Å². The Labute approximate surface area is 185 Å². The second-order valence-electron chi connectivity index (χ2n) is 9.14. The molecule has 0 aromatic rings. The van der Waals surface area contributed by atoms with Crippen molar-refractivity contribution in [1.29, 1.82) is 0 Å². The lowest BCUT2D eigenvalue weighted by Gasteiger charge is -2.20. The second-order valence-corrected chi connectivity index (χ2v) is 9.14. The highest BCUT2D eigenvalue weighted by molar-refractivity contribution is 5.90. The average molecular weight is 441 g/mol. The number of rotatable bonds is 15. The normalized spacial score (nSPS) is 26.4. The highest BCUT2D eigenvalue weighted by atomic mass is 16.5. The molecule has 0 aliphatic carbocycles. The molecule has 0 aromatic heterocycles. The van der Waals surface area contributed by atoms with Crippen LogP contribution in [0.4, 0.5) is 0 Å². The Bertz CT molecular complexity index is 601. The number of aliphatic hydroxyl groups excluding tert-OH is 3. The number of hydrogen-bond donors (Lipinski definition) is 3. The van der Waals surface area contributed by atoms with Gasteiger partial charge < -0.3 is 24.8 Å². The van der Waals surface area contributed by atoms with Crippen molar-refractivity contribution in [3.8, 4) is 0 Å². The molecule has 1 fully saturated rings. The average Bonchev–Trinajstić information content (AvgIpc) is 3.32. The van der Waals surface area contributed by atoms with E-state index in [1.165, 1.54) is 0 Å². The fourth-order valence-electron chi connectivity index (χ4n) is 4.33. The van der Waals surface area contributed by atoms with Gasteiger partial charge >= 0.3 is 5.97 Å². The molecule has 178 valence electrons. The van der Waals surface area contributed by atoms with Crippen molar-refractivity contribution in [3.63, 3.8) is 0 Å². The molecule has 7 heteroatoms. The molecule has 6 atom stereocenters. The molecule has 1 saturated heterocycles. The molecule has 2 aliphatic rings. The lowest BCUT2D eigenvalue weighted by molar-refractivity contribution is -0.139. The van der Waals surface area contributed by atoms with E-state index in [1.807, 2.05) is 0 Å². The maximum absolute atomic E-state index is 12.0. The number of esters is 1. The summed E-state index contributed by atoms with van der Waals surface area (Å²) < 4.78 is 10.7. The van der Waals surface area contributed by atoms with Gasteiger partial charge in [-0.15, -0.1) is 0 Å². The lowest BCUT2D eigenvalue weighted by atomic mass is 10.00. The molecule has 2 rings (SSSR count). The topological polar surface area (TPSA) is 113 Å². The summed E-state index contributed by atoms with van der Waals surface area (Å²) >= 11 is 0. The molecule has 0 saturated carbocycles. The van der Waals surface area contributed by atoms with Gasteiger partial charge in [-0.1, -0.05) is 19.3 Å². The van der Waals surface area contributed by atoms with Crippen LogP contribution in [0, 0.1) is 0 Å². The molecule has 0 bridgehead atoms. The van der Waals surface area contributed by atoms with E-state index in [0.29, 0.717) is 37.7 Å². The van der Waals surface area contributed by atoms with Crippen LogP contribution in [0.15, 0.2) is 11.6 Å². The number of ether oxygens (including phenoxy) is 2. The number of cyclic esters (lactones) is 1. The molecular formula is C24H40O7. The van der Waals surface area contributed by atoms with Crippen LogP contribution in [0.25, 0.3) is 0 Å². The summed E-state index contributed by atoms with van der Waals surface area (Å²) in [5.41, 5.74) is 0.545. The summed E-state index contributed by atoms with van der Waals surface area (Å²) in [5.74, 6) is -0.0983. The van der Waals surface area contributed by atoms with E-state index < -0.39 is 18.3 Å². The largest absolute Gasteiger partial charge is 0.455 e. The minimum Gasteiger partial charge on any atom is -0.455 e. The summed E-state index contributed by atoms with van der Waals surface area (Å²) in [6.07, 6.45) is 7.88. The molecule has 0 spiro atoms. The molecule has 0 aromatic carbocycles. The van der Waals surface area contributed by atoms with Crippen molar-refractivity contribution < 1.29 is 34.4 Å². The number of aliphatic hydroxyl groups is 3. The van der Waals surface area contributed by atoms with Gasteiger partial charge in [0.1, 0.15) is 11.9 Å². The zero-order valence-electron chi connectivity index (χ0n) is 19.0. The van der Waals surface area contributed by atoms with Gasteiger partial charge in [0, 0.05) is 24.8 Å². The Morgan fingerprint density at radius 2 is 1.68 bits per heavy atom. The monoisotopic (exact) mass is 440 g/mol. The number of carbonyl (C=O) groups is 2. The standard InChI is InChI=1S/C24H40O7/c1-16-14-18(24(29)30-16)15-20(27)10-7-6-9-19(26)8-4-3-5-11-21(28)23-13-12-22(31-23)17(2)25/h14,16-17,20-23,25,27-28H,3-13,15H2,1-2H3. The van der Waals surface area contributed by atoms with E-state index in [0.717, 1.165) is 44.9 Å². The molecule has 31 heavy (non-hydrogen) atoms. The van der Waals surface area contributed by atoms with Crippen LogP contribution >= 0.6 is 0 Å². The second kappa shape index (κ2) is 13.3. The molecule has 7 nitrogen and oxygen atoms in total. The van der Waals surface area contributed by atoms with E-state index in [1.54, 1.807) is 19.9 Å². The molecule has 3 N–H and O–H groups in total. The minimum absolute atomic E-state index is 0.168. The van der Waals surface area contributed by atoms with E-state index in [9.17, 15) is 24.9 Å². The van der Waals surface area contributed by atoms with Gasteiger partial charge in [-0.3, -0.25) is 4.79 Å². The van der Waals surface area contributed by atoms with Gasteiger partial charge in [0.2, 0.25) is 0 Å². The number of ketones is 1. The summed E-state index contributed by atoms with van der Waals surface area (Å²) in [5, 5.41) is 29.9. The quantitative estimate of drug-likeness (QED) is 0.265. The number of unbranched alkanes of at least 4 members (excludes halogenated alkanes) is 3. The van der Waals surface area contributed by atoms with Crippen LogP contribution in [0.5, 0.6) is 0 Å². The fourth-order valence-corrected chi connectivity index (χ4v) is 4.33. The lowest BCUT2D eigenvalue weighted by Crippen LogP contribution is -2.29. The van der Waals surface area contributed by atoms with Gasteiger partial charge in [-0.25, -0.2) is 4.79 Å². The zero-order valence-corrected chi connectivity index (χ0v) is 19.0. The van der Waals surface area contributed by atoms with Crippen molar-refractivity contribution >= 4 is 11.8 Å². The minimum atomic E-state index is -0.578. The number of carbonyl (C=O) groups excluding carboxylic acids is 2. The van der Waals surface area contributed by atoms with Crippen LogP contribution in [-0.2, 0) is 19.1 Å². The Morgan fingerprint density at radius 3 is 2.29 bits per heavy atom. The Hall–Kier alpha value is -1.28. The zero-order chi connectivity index (χ0) is 22.8. The summed E-state index contributed by atoms with van der Waals surface area (Å²) in [7, 11) is 0. The van der Waals surface area contributed by atoms with Crippen LogP contribution in [0.2, 0.25) is 0 Å². The Morgan fingerprint density at radius 1 is 1.03 bits per heavy atom. The highest BCUT2D eigenvalue weighted by Gasteiger charge is 2.32. The van der Waals surface area contributed by atoms with Gasteiger partial charge in [0.05, 0.1) is 30.5 Å². The molecular weight excluding hydrogens is 400 g/mol. The molecule has 2 heterocycles. The van der Waals surface area contributed by atoms with Gasteiger partial charge in [-0.05, 0) is 58.4 Å². The van der Waals surface area contributed by atoms with Crippen molar-refractivity contribution in [3.05, 3.63) is 11.6 Å². The van der Waals surface area contributed by atoms with Crippen LogP contribution in [0.3, 0.4) is 0 Å². The van der Waals surface area contributed by atoms with E-state index in [-0.39, 0.29) is 30.1 Å². The van der Waals surface area contributed by atoms with E-state index in [2.05, 4.69) is 0 Å². The SMILES string of the molecule is CC1C=C(CC(O)CCCCC(=O)CCCCCC(O)C2CCC(C(C)O)O2)C(=O)O1. The van der Waals surface area contributed by atoms with Crippen LogP contribution in [0.1, 0.15) is 90.9 Å². The summed E-state index contributed by atoms with van der Waals surface area (Å²) in [4.78, 5) is 23.6. The smallest absolute Gasteiger partial charge is 0.334 e. The maximum Gasteiger partial charge on any atom is 0.334 e. The first-order chi connectivity index (χ1) is 14.8. The maximum atomic E-state index is 12.0. The first kappa shape index (κ1) is 26.0. The summed E-state index contributed by atoms with van der Waals surface area (Å²) in [6.45, 7) is 3.51. The summed E-state index contributed by atoms with van der Waals surface area (Å²) in [6, 6.07) is 0. The van der Waals surface area contributed by atoms with E-state index in [4.69, 9.17) is 9.47 Å². The van der Waals surface area contributed by atoms with Crippen molar-refractivity contribution in [2.75, 3.05) is 0 Å². The fraction of sp³-hybridized carbons (Fsp3) is 0.833.